The molecule has 0 saturated heterocycles. The van der Waals surface area contributed by atoms with Crippen molar-refractivity contribution in [3.8, 4) is 11.5 Å². The lowest BCUT2D eigenvalue weighted by molar-refractivity contribution is -0.141. The van der Waals surface area contributed by atoms with Gasteiger partial charge in [-0.3, -0.25) is 9.59 Å². The average molecular weight is 513 g/mol. The third-order valence-electron chi connectivity index (χ3n) is 6.38. The summed E-state index contributed by atoms with van der Waals surface area (Å²) < 4.78 is 11.1. The number of nitrogens with one attached hydrogen (secondary N) is 1. The van der Waals surface area contributed by atoms with Gasteiger partial charge in [-0.25, -0.2) is 0 Å². The highest BCUT2D eigenvalue weighted by molar-refractivity contribution is 7.10. The Kier molecular flexibility index (Phi) is 8.82. The third kappa shape index (κ3) is 6.44. The summed E-state index contributed by atoms with van der Waals surface area (Å²) in [5.41, 5.74) is 0.651. The number of ether oxygens (including phenoxy) is 2. The molecule has 1 aromatic carbocycles. The van der Waals surface area contributed by atoms with Crippen molar-refractivity contribution < 1.29 is 19.1 Å². The van der Waals surface area contributed by atoms with Crippen molar-refractivity contribution in [1.82, 2.24) is 10.2 Å². The molecule has 35 heavy (non-hydrogen) atoms. The van der Waals surface area contributed by atoms with E-state index in [4.69, 9.17) is 9.47 Å². The molecule has 1 aliphatic carbocycles. The predicted molar refractivity (Wildman–Crippen MR) is 140 cm³/mol. The molecule has 1 saturated carbocycles. The summed E-state index contributed by atoms with van der Waals surface area (Å²) in [6, 6.07) is 12.6. The molecule has 1 atom stereocenters. The Morgan fingerprint density at radius 1 is 1.00 bits per heavy atom. The number of methoxy groups -OCH3 is 2. The van der Waals surface area contributed by atoms with Crippen LogP contribution in [0.3, 0.4) is 0 Å². The SMILES string of the molecule is COc1ccc([C@H](C(=O)NC2CCCCC2)N(Cc2cccs2)C(=O)Cc2cccs2)c(OC)c1. The van der Waals surface area contributed by atoms with Gasteiger partial charge in [-0.2, -0.15) is 0 Å². The minimum Gasteiger partial charge on any atom is -0.497 e. The van der Waals surface area contributed by atoms with E-state index < -0.39 is 6.04 Å². The Hall–Kier alpha value is -2.84. The number of nitrogens with zero attached hydrogens (tertiary/aromatic N) is 1. The number of thiophene rings is 2. The number of hydrogen-bond acceptors (Lipinski definition) is 6. The largest absolute Gasteiger partial charge is 0.497 e. The van der Waals surface area contributed by atoms with Gasteiger partial charge >= 0.3 is 0 Å². The standard InChI is InChI=1S/C27H32N2O4S2/c1-32-20-12-13-23(24(16-20)33-2)26(27(31)28-19-8-4-3-5-9-19)29(18-22-11-7-15-35-22)25(30)17-21-10-6-14-34-21/h6-7,10-16,19,26H,3-5,8-9,17-18H2,1-2H3,(H,28,31)/t26-/m1/s1. The molecule has 6 nitrogen and oxygen atoms in total. The maximum atomic E-state index is 13.9. The molecule has 1 fully saturated rings. The van der Waals surface area contributed by atoms with Crippen LogP contribution >= 0.6 is 22.7 Å². The Morgan fingerprint density at radius 2 is 1.71 bits per heavy atom. The van der Waals surface area contributed by atoms with Crippen molar-refractivity contribution in [3.05, 3.63) is 68.5 Å². The van der Waals surface area contributed by atoms with E-state index in [9.17, 15) is 9.59 Å². The molecule has 0 bridgehead atoms. The molecule has 0 unspecified atom stereocenters. The Balaban J connectivity index is 1.73. The van der Waals surface area contributed by atoms with Crippen molar-refractivity contribution >= 4 is 34.5 Å². The highest BCUT2D eigenvalue weighted by Crippen LogP contribution is 2.35. The normalized spacial score (nSPS) is 14.8. The fraction of sp³-hybridized carbons (Fsp3) is 0.407. The van der Waals surface area contributed by atoms with Gasteiger partial charge in [0.15, 0.2) is 0 Å². The summed E-state index contributed by atoms with van der Waals surface area (Å²) in [6.45, 7) is 0.347. The summed E-state index contributed by atoms with van der Waals surface area (Å²) in [6.07, 6.45) is 5.59. The first kappa shape index (κ1) is 25.3. The van der Waals surface area contributed by atoms with Gasteiger partial charge in [0.2, 0.25) is 11.8 Å². The summed E-state index contributed by atoms with van der Waals surface area (Å²) >= 11 is 3.13. The first-order chi connectivity index (χ1) is 17.1. The number of rotatable bonds is 10. The molecule has 0 radical (unpaired) electrons. The first-order valence-corrected chi connectivity index (χ1v) is 13.7. The fourth-order valence-electron chi connectivity index (χ4n) is 4.58. The van der Waals surface area contributed by atoms with Gasteiger partial charge in [-0.15, -0.1) is 22.7 Å². The molecule has 0 spiro atoms. The Bertz CT molecular complexity index is 1090. The van der Waals surface area contributed by atoms with E-state index >= 15 is 0 Å². The molecule has 8 heteroatoms. The summed E-state index contributed by atoms with van der Waals surface area (Å²) in [4.78, 5) is 31.4. The molecule has 0 aliphatic heterocycles. The maximum absolute atomic E-state index is 13.9. The van der Waals surface area contributed by atoms with Crippen LogP contribution in [0.25, 0.3) is 0 Å². The lowest BCUT2D eigenvalue weighted by atomic mass is 9.94. The highest BCUT2D eigenvalue weighted by Gasteiger charge is 2.35. The summed E-state index contributed by atoms with van der Waals surface area (Å²) in [5, 5.41) is 7.21. The van der Waals surface area contributed by atoms with Crippen molar-refractivity contribution in [2.75, 3.05) is 14.2 Å². The molecule has 2 amide bonds. The zero-order chi connectivity index (χ0) is 24.6. The second-order valence-corrected chi connectivity index (χ2v) is 10.8. The topological polar surface area (TPSA) is 67.9 Å². The van der Waals surface area contributed by atoms with Crippen molar-refractivity contribution in [3.63, 3.8) is 0 Å². The van der Waals surface area contributed by atoms with E-state index in [2.05, 4.69) is 5.32 Å². The predicted octanol–water partition coefficient (Wildman–Crippen LogP) is 5.59. The van der Waals surface area contributed by atoms with E-state index in [1.165, 1.54) is 6.42 Å². The second-order valence-electron chi connectivity index (χ2n) is 8.71. The number of carbonyl (C=O) groups excluding carboxylic acids is 2. The zero-order valence-corrected chi connectivity index (χ0v) is 21.8. The number of carbonyl (C=O) groups is 2. The minimum atomic E-state index is -0.827. The van der Waals surface area contributed by atoms with Gasteiger partial charge in [-0.1, -0.05) is 31.4 Å². The van der Waals surface area contributed by atoms with Crippen LogP contribution in [0.1, 0.15) is 53.5 Å². The smallest absolute Gasteiger partial charge is 0.247 e. The van der Waals surface area contributed by atoms with Crippen LogP contribution in [0, 0.1) is 0 Å². The van der Waals surface area contributed by atoms with Crippen LogP contribution in [0.2, 0.25) is 0 Å². The molecular formula is C27H32N2O4S2. The van der Waals surface area contributed by atoms with Crippen molar-refractivity contribution in [2.24, 2.45) is 0 Å². The monoisotopic (exact) mass is 512 g/mol. The summed E-state index contributed by atoms with van der Waals surface area (Å²) in [5.74, 6) is 0.888. The average Bonchev–Trinajstić information content (AvgIpc) is 3.59. The molecular weight excluding hydrogens is 480 g/mol. The van der Waals surface area contributed by atoms with Gasteiger partial charge in [0.25, 0.3) is 0 Å². The van der Waals surface area contributed by atoms with Crippen LogP contribution in [-0.2, 0) is 22.6 Å². The molecule has 2 aromatic heterocycles. The number of benzene rings is 1. The van der Waals surface area contributed by atoms with Gasteiger partial charge in [0, 0.05) is 27.4 Å². The summed E-state index contributed by atoms with van der Waals surface area (Å²) in [7, 11) is 3.17. The van der Waals surface area contributed by atoms with E-state index in [1.54, 1.807) is 47.9 Å². The molecule has 186 valence electrons. The minimum absolute atomic E-state index is 0.0949. The third-order valence-corrected chi connectivity index (χ3v) is 8.12. The van der Waals surface area contributed by atoms with Crippen molar-refractivity contribution in [1.29, 1.82) is 0 Å². The van der Waals surface area contributed by atoms with Crippen LogP contribution in [0.5, 0.6) is 11.5 Å². The van der Waals surface area contributed by atoms with Crippen LogP contribution < -0.4 is 14.8 Å². The first-order valence-electron chi connectivity index (χ1n) is 12.0. The number of hydrogen-bond donors (Lipinski definition) is 1. The lowest BCUT2D eigenvalue weighted by Gasteiger charge is -2.34. The molecule has 2 heterocycles. The lowest BCUT2D eigenvalue weighted by Crippen LogP contribution is -2.47. The van der Waals surface area contributed by atoms with E-state index in [1.807, 2.05) is 47.2 Å². The molecule has 1 aliphatic rings. The van der Waals surface area contributed by atoms with Crippen LogP contribution in [0.4, 0.5) is 0 Å². The fourth-order valence-corrected chi connectivity index (χ4v) is 5.98. The van der Waals surface area contributed by atoms with Crippen molar-refractivity contribution in [2.45, 2.75) is 57.2 Å². The van der Waals surface area contributed by atoms with Gasteiger partial charge in [0.1, 0.15) is 17.5 Å². The van der Waals surface area contributed by atoms with Gasteiger partial charge in [-0.05, 0) is 47.9 Å². The van der Waals surface area contributed by atoms with Gasteiger partial charge in [0.05, 0.1) is 27.2 Å². The maximum Gasteiger partial charge on any atom is 0.247 e. The van der Waals surface area contributed by atoms with Gasteiger partial charge < -0.3 is 19.7 Å². The Labute approximate surface area is 214 Å². The quantitative estimate of drug-likeness (QED) is 0.385. The van der Waals surface area contributed by atoms with E-state index in [0.717, 1.165) is 35.4 Å². The van der Waals surface area contributed by atoms with Crippen LogP contribution in [0.15, 0.2) is 53.2 Å². The van der Waals surface area contributed by atoms with E-state index in [-0.39, 0.29) is 24.3 Å². The Morgan fingerprint density at radius 3 is 2.34 bits per heavy atom. The zero-order valence-electron chi connectivity index (χ0n) is 20.2. The molecule has 4 rings (SSSR count). The highest BCUT2D eigenvalue weighted by atomic mass is 32.1. The second kappa shape index (κ2) is 12.2. The molecule has 3 aromatic rings. The number of amides is 2. The molecule has 1 N–H and O–H groups in total. The van der Waals surface area contributed by atoms with E-state index in [0.29, 0.717) is 23.6 Å². The van der Waals surface area contributed by atoms with Crippen LogP contribution in [-0.4, -0.2) is 37.0 Å².